The van der Waals surface area contributed by atoms with Gasteiger partial charge in [-0.25, -0.2) is 9.37 Å². The van der Waals surface area contributed by atoms with Crippen LogP contribution >= 0.6 is 0 Å². The number of ether oxygens (including phenoxy) is 1. The van der Waals surface area contributed by atoms with Crippen LogP contribution in [0.15, 0.2) is 42.6 Å². The number of carbonyl (C=O) groups is 1. The molecule has 3 heterocycles. The van der Waals surface area contributed by atoms with Gasteiger partial charge in [-0.15, -0.1) is 0 Å². The molecule has 0 unspecified atom stereocenters. The largest absolute Gasteiger partial charge is 0.481 e. The van der Waals surface area contributed by atoms with Gasteiger partial charge in [0, 0.05) is 29.9 Å². The predicted octanol–water partition coefficient (Wildman–Crippen LogP) is 3.23. The van der Waals surface area contributed by atoms with E-state index in [2.05, 4.69) is 15.4 Å². The molecule has 146 valence electrons. The van der Waals surface area contributed by atoms with Gasteiger partial charge in [-0.05, 0) is 43.2 Å². The molecule has 1 aliphatic heterocycles. The van der Waals surface area contributed by atoms with Crippen molar-refractivity contribution < 1.29 is 13.9 Å². The van der Waals surface area contributed by atoms with Gasteiger partial charge >= 0.3 is 0 Å². The minimum absolute atomic E-state index is 0.109. The fraction of sp³-hybridized carbons (Fsp3) is 0.238. The van der Waals surface area contributed by atoms with E-state index in [0.717, 1.165) is 48.5 Å². The molecule has 1 N–H and O–H groups in total. The lowest BCUT2D eigenvalue weighted by molar-refractivity contribution is 0.0928. The van der Waals surface area contributed by atoms with Gasteiger partial charge in [-0.2, -0.15) is 10.4 Å². The van der Waals surface area contributed by atoms with Crippen molar-refractivity contribution in [3.8, 4) is 23.2 Å². The molecule has 0 saturated heterocycles. The molecular formula is C21H18FN5O2. The van der Waals surface area contributed by atoms with Crippen molar-refractivity contribution in [1.82, 2.24) is 20.1 Å². The van der Waals surface area contributed by atoms with E-state index in [0.29, 0.717) is 5.88 Å². The highest BCUT2D eigenvalue weighted by molar-refractivity contribution is 5.94. The second kappa shape index (κ2) is 7.72. The summed E-state index contributed by atoms with van der Waals surface area (Å²) >= 11 is 0. The molecule has 0 spiro atoms. The average Bonchev–Trinajstić information content (AvgIpc) is 3.18. The lowest BCUT2D eigenvalue weighted by Gasteiger charge is -2.24. The molecule has 0 fully saturated rings. The molecule has 29 heavy (non-hydrogen) atoms. The first-order chi connectivity index (χ1) is 14.1. The Bertz CT molecular complexity index is 1120. The number of aryl methyl sites for hydroxylation is 1. The van der Waals surface area contributed by atoms with Gasteiger partial charge in [0.1, 0.15) is 5.82 Å². The van der Waals surface area contributed by atoms with Gasteiger partial charge in [0.15, 0.2) is 0 Å². The number of rotatable bonds is 4. The van der Waals surface area contributed by atoms with E-state index in [1.165, 1.54) is 6.07 Å². The van der Waals surface area contributed by atoms with Gasteiger partial charge in [-0.1, -0.05) is 0 Å². The Kier molecular flexibility index (Phi) is 4.96. The van der Waals surface area contributed by atoms with Crippen molar-refractivity contribution in [3.63, 3.8) is 0 Å². The summed E-state index contributed by atoms with van der Waals surface area (Å²) in [5, 5.41) is 16.6. The molecule has 0 radical (unpaired) electrons. The molecule has 4 rings (SSSR count). The number of methoxy groups -OCH3 is 1. The van der Waals surface area contributed by atoms with Crippen LogP contribution in [0.2, 0.25) is 0 Å². The number of nitriles is 1. The molecule has 7 nitrogen and oxygen atoms in total. The number of carbonyl (C=O) groups excluding carboxylic acids is 1. The van der Waals surface area contributed by atoms with E-state index in [4.69, 9.17) is 10.00 Å². The van der Waals surface area contributed by atoms with Crippen LogP contribution in [-0.4, -0.2) is 27.8 Å². The molecule has 1 amide bonds. The third-order valence-electron chi connectivity index (χ3n) is 4.86. The van der Waals surface area contributed by atoms with Crippen LogP contribution in [0.4, 0.5) is 4.39 Å². The summed E-state index contributed by atoms with van der Waals surface area (Å²) in [6.07, 6.45) is 3.25. The summed E-state index contributed by atoms with van der Waals surface area (Å²) in [6, 6.07) is 10.8. The molecule has 0 saturated carbocycles. The zero-order chi connectivity index (χ0) is 20.4. The molecule has 0 aliphatic carbocycles. The summed E-state index contributed by atoms with van der Waals surface area (Å²) in [5.41, 5.74) is 2.74. The van der Waals surface area contributed by atoms with Crippen molar-refractivity contribution in [2.24, 2.45) is 0 Å². The van der Waals surface area contributed by atoms with E-state index in [9.17, 15) is 9.18 Å². The molecule has 1 aromatic carbocycles. The van der Waals surface area contributed by atoms with Crippen LogP contribution in [0.3, 0.4) is 0 Å². The van der Waals surface area contributed by atoms with E-state index < -0.39 is 11.7 Å². The summed E-state index contributed by atoms with van der Waals surface area (Å²) in [6.45, 7) is 0.752. The fourth-order valence-corrected chi connectivity index (χ4v) is 3.48. The number of nitrogens with zero attached hydrogens (tertiary/aromatic N) is 4. The van der Waals surface area contributed by atoms with Crippen molar-refractivity contribution in [2.75, 3.05) is 7.11 Å². The molecule has 1 aliphatic rings. The predicted molar refractivity (Wildman–Crippen MR) is 103 cm³/mol. The Hall–Kier alpha value is -3.73. The molecule has 0 bridgehead atoms. The minimum Gasteiger partial charge on any atom is -0.481 e. The monoisotopic (exact) mass is 391 g/mol. The zero-order valence-corrected chi connectivity index (χ0v) is 15.7. The Morgan fingerprint density at radius 3 is 3.00 bits per heavy atom. The zero-order valence-electron chi connectivity index (χ0n) is 15.7. The van der Waals surface area contributed by atoms with E-state index in [1.54, 1.807) is 19.4 Å². The fourth-order valence-electron chi connectivity index (χ4n) is 3.48. The van der Waals surface area contributed by atoms with Crippen LogP contribution in [0.5, 0.6) is 5.88 Å². The summed E-state index contributed by atoms with van der Waals surface area (Å²) in [7, 11) is 1.56. The van der Waals surface area contributed by atoms with Gasteiger partial charge in [0.2, 0.25) is 5.88 Å². The highest BCUT2D eigenvalue weighted by atomic mass is 19.1. The standard InChI is InChI=1S/C21H18FN5O2/c1-29-20-10-14(4-5-24-20)18-11-19-17(3-2-6-27(19)26-18)25-21(28)15-7-13(12-23)8-16(22)9-15/h4-5,7-11,17H,2-3,6H2,1H3,(H,25,28)/t17-/m0/s1. The maximum Gasteiger partial charge on any atom is 0.251 e. The quantitative estimate of drug-likeness (QED) is 0.737. The van der Waals surface area contributed by atoms with Crippen molar-refractivity contribution in [3.05, 3.63) is 65.2 Å². The van der Waals surface area contributed by atoms with Crippen molar-refractivity contribution in [2.45, 2.75) is 25.4 Å². The Morgan fingerprint density at radius 2 is 2.21 bits per heavy atom. The van der Waals surface area contributed by atoms with Crippen LogP contribution in [0, 0.1) is 17.1 Å². The lowest BCUT2D eigenvalue weighted by Crippen LogP contribution is -2.32. The minimum atomic E-state index is -0.614. The van der Waals surface area contributed by atoms with Crippen LogP contribution in [0.25, 0.3) is 11.3 Å². The number of hydrogen-bond donors (Lipinski definition) is 1. The number of aromatic nitrogens is 3. The number of fused-ring (bicyclic) bond motifs is 1. The first-order valence-corrected chi connectivity index (χ1v) is 9.17. The van der Waals surface area contributed by atoms with E-state index in [1.807, 2.05) is 22.9 Å². The average molecular weight is 391 g/mol. The highest BCUT2D eigenvalue weighted by Crippen LogP contribution is 2.30. The summed E-state index contributed by atoms with van der Waals surface area (Å²) in [5.74, 6) is -0.540. The first-order valence-electron chi connectivity index (χ1n) is 9.17. The maximum absolute atomic E-state index is 13.7. The third-order valence-corrected chi connectivity index (χ3v) is 4.86. The first kappa shape index (κ1) is 18.6. The molecule has 2 aromatic heterocycles. The number of halogens is 1. The van der Waals surface area contributed by atoms with Gasteiger partial charge in [0.25, 0.3) is 5.91 Å². The van der Waals surface area contributed by atoms with E-state index in [-0.39, 0.29) is 17.2 Å². The smallest absolute Gasteiger partial charge is 0.251 e. The number of benzene rings is 1. The highest BCUT2D eigenvalue weighted by Gasteiger charge is 2.25. The van der Waals surface area contributed by atoms with E-state index >= 15 is 0 Å². The van der Waals surface area contributed by atoms with Crippen LogP contribution < -0.4 is 10.1 Å². The third kappa shape index (κ3) is 3.80. The number of hydrogen-bond acceptors (Lipinski definition) is 5. The van der Waals surface area contributed by atoms with Gasteiger partial charge < -0.3 is 10.1 Å². The second-order valence-electron chi connectivity index (χ2n) is 6.77. The molecule has 3 aromatic rings. The summed E-state index contributed by atoms with van der Waals surface area (Å²) in [4.78, 5) is 16.8. The molecule has 8 heteroatoms. The summed E-state index contributed by atoms with van der Waals surface area (Å²) < 4.78 is 20.7. The van der Waals surface area contributed by atoms with Gasteiger partial charge in [0.05, 0.1) is 36.2 Å². The molecular weight excluding hydrogens is 373 g/mol. The normalized spacial score (nSPS) is 15.3. The van der Waals surface area contributed by atoms with Crippen molar-refractivity contribution in [1.29, 1.82) is 5.26 Å². The topological polar surface area (TPSA) is 92.8 Å². The number of nitrogens with one attached hydrogen (secondary N) is 1. The Morgan fingerprint density at radius 1 is 1.34 bits per heavy atom. The Balaban J connectivity index is 1.60. The second-order valence-corrected chi connectivity index (χ2v) is 6.77. The molecule has 1 atom stereocenters. The Labute approximate surface area is 166 Å². The SMILES string of the molecule is COc1cc(-c2cc3n(n2)CCC[C@@H]3NC(=O)c2cc(F)cc(C#N)c2)ccn1. The van der Waals surface area contributed by atoms with Crippen molar-refractivity contribution >= 4 is 5.91 Å². The van der Waals surface area contributed by atoms with Gasteiger partial charge in [-0.3, -0.25) is 9.48 Å². The number of amides is 1. The van der Waals surface area contributed by atoms with Crippen LogP contribution in [0.1, 0.15) is 40.5 Å². The lowest BCUT2D eigenvalue weighted by atomic mass is 10.0. The maximum atomic E-state index is 13.7. The number of pyridine rings is 1. The van der Waals surface area contributed by atoms with Crippen LogP contribution in [-0.2, 0) is 6.54 Å².